The number of hydrogen-bond acceptors (Lipinski definition) is 0. The second-order valence-electron chi connectivity index (χ2n) is 2.43. The second-order valence-corrected chi connectivity index (χ2v) is 2.43. The maximum absolute atomic E-state index is 3.56. The maximum Gasteiger partial charge on any atom is -0.0445 e. The van der Waals surface area contributed by atoms with Crippen molar-refractivity contribution < 1.29 is 0 Å². The largest absolute Gasteiger partial charge is 0.103 e. The summed E-state index contributed by atoms with van der Waals surface area (Å²) in [6.45, 7) is 23.2. The summed E-state index contributed by atoms with van der Waals surface area (Å²) in [5.74, 6) is 0. The van der Waals surface area contributed by atoms with Crippen molar-refractivity contribution in [1.82, 2.24) is 0 Å². The Hall–Kier alpha value is -1.04. The van der Waals surface area contributed by atoms with Crippen molar-refractivity contribution in [2.45, 2.75) is 34.6 Å². The van der Waals surface area contributed by atoms with Crippen molar-refractivity contribution in [2.75, 3.05) is 0 Å². The lowest BCUT2D eigenvalue weighted by Crippen LogP contribution is -1.43. The van der Waals surface area contributed by atoms with Crippen molar-refractivity contribution in [3.8, 4) is 0 Å². The van der Waals surface area contributed by atoms with E-state index in [1.54, 1.807) is 18.2 Å². The summed E-state index contributed by atoms with van der Waals surface area (Å²) >= 11 is 0. The Bertz CT molecular complexity index is 88.9. The van der Waals surface area contributed by atoms with Gasteiger partial charge in [0.25, 0.3) is 0 Å². The molecule has 0 rings (SSSR count). The molecule has 0 aromatic rings. The zero-order valence-electron chi connectivity index (χ0n) is 10.1. The quantitative estimate of drug-likeness (QED) is 0.454. The normalized spacial score (nSPS) is 5.00. The van der Waals surface area contributed by atoms with Crippen LogP contribution in [0.15, 0.2) is 50.1 Å². The molecule has 0 N–H and O–H groups in total. The predicted molar refractivity (Wildman–Crippen MR) is 68.1 cm³/mol. The van der Waals surface area contributed by atoms with Crippen molar-refractivity contribution in [3.63, 3.8) is 0 Å². The molecule has 0 bridgehead atoms. The molecule has 0 heterocycles. The molecular weight excluding hydrogens is 156 g/mol. The lowest BCUT2D eigenvalue weighted by Gasteiger charge is -1.65. The molecule has 0 amide bonds. The van der Waals surface area contributed by atoms with Crippen LogP contribution >= 0.6 is 0 Å². The molecule has 78 valence electrons. The van der Waals surface area contributed by atoms with Crippen molar-refractivity contribution in [3.05, 3.63) is 50.1 Å². The maximum atomic E-state index is 3.56. The van der Waals surface area contributed by atoms with Crippen molar-refractivity contribution >= 4 is 0 Å². The van der Waals surface area contributed by atoms with Crippen LogP contribution in [0.3, 0.4) is 0 Å². The Morgan fingerprint density at radius 3 is 0.769 bits per heavy atom. The van der Waals surface area contributed by atoms with E-state index in [1.807, 2.05) is 34.6 Å². The van der Waals surface area contributed by atoms with Gasteiger partial charge in [0.05, 0.1) is 0 Å². The van der Waals surface area contributed by atoms with Gasteiger partial charge in [-0.25, -0.2) is 0 Å². The molecule has 0 fully saturated rings. The molecule has 0 saturated heterocycles. The van der Waals surface area contributed by atoms with Crippen LogP contribution in [0.5, 0.6) is 0 Å². The minimum absolute atomic E-state index is 1.17. The molecule has 0 aromatic heterocycles. The van der Waals surface area contributed by atoms with Gasteiger partial charge in [0.2, 0.25) is 0 Å². The molecule has 0 aliphatic carbocycles. The fourth-order valence-corrected chi connectivity index (χ4v) is 0. The third kappa shape index (κ3) is 814. The van der Waals surface area contributed by atoms with Crippen molar-refractivity contribution in [2.24, 2.45) is 0 Å². The first-order chi connectivity index (χ1) is 5.97. The highest BCUT2D eigenvalue weighted by Crippen LogP contribution is 1.73. The Balaban J connectivity index is -0.0000000420. The van der Waals surface area contributed by atoms with E-state index in [0.29, 0.717) is 0 Å². The van der Waals surface area contributed by atoms with Crippen LogP contribution in [0.1, 0.15) is 34.6 Å². The minimum atomic E-state index is 1.17. The van der Waals surface area contributed by atoms with Gasteiger partial charge >= 0.3 is 0 Å². The van der Waals surface area contributed by atoms with E-state index in [2.05, 4.69) is 26.3 Å². The molecule has 0 spiro atoms. The first-order valence-corrected chi connectivity index (χ1v) is 4.31. The minimum Gasteiger partial charge on any atom is -0.103 e. The summed E-state index contributed by atoms with van der Waals surface area (Å²) in [6, 6.07) is 0. The molecule has 0 radical (unpaired) electrons. The van der Waals surface area contributed by atoms with Crippen LogP contribution in [0, 0.1) is 0 Å². The summed E-state index contributed by atoms with van der Waals surface area (Å²) < 4.78 is 0. The Morgan fingerprint density at radius 2 is 0.769 bits per heavy atom. The molecule has 0 atom stereocenters. The smallest absolute Gasteiger partial charge is 0.0445 e. The molecule has 0 nitrogen and oxygen atoms in total. The van der Waals surface area contributed by atoms with Crippen LogP contribution in [-0.4, -0.2) is 0 Å². The number of allylic oxidation sites excluding steroid dienone is 4. The monoisotopic (exact) mass is 182 g/mol. The predicted octanol–water partition coefficient (Wildman–Crippen LogP) is 5.16. The van der Waals surface area contributed by atoms with E-state index < -0.39 is 0 Å². The lowest BCUT2D eigenvalue weighted by molar-refractivity contribution is 1.42. The van der Waals surface area contributed by atoms with Gasteiger partial charge in [-0.1, -0.05) is 23.8 Å². The SMILES string of the molecule is C=C(C)C.C=CC.C=CC.C=CC. The molecule has 0 unspecified atom stereocenters. The van der Waals surface area contributed by atoms with Gasteiger partial charge in [-0.05, 0) is 34.6 Å². The standard InChI is InChI=1S/C4H8.3C3H6/c1-4(2)3;3*1-3-2/h1H2,2-3H3;3*3H,1H2,2H3. The average Bonchev–Trinajstić information content (AvgIpc) is 1.88. The van der Waals surface area contributed by atoms with Gasteiger partial charge in [0.15, 0.2) is 0 Å². The lowest BCUT2D eigenvalue weighted by atomic mass is 10.4. The van der Waals surface area contributed by atoms with E-state index in [4.69, 9.17) is 0 Å². The highest BCUT2D eigenvalue weighted by Gasteiger charge is 1.51. The van der Waals surface area contributed by atoms with Gasteiger partial charge in [0.1, 0.15) is 0 Å². The molecular formula is C13H26. The fraction of sp³-hybridized carbons (Fsp3) is 0.385. The zero-order chi connectivity index (χ0) is 11.7. The summed E-state index contributed by atoms with van der Waals surface area (Å²) in [5.41, 5.74) is 1.17. The Labute approximate surface area is 85.4 Å². The Morgan fingerprint density at radius 1 is 0.769 bits per heavy atom. The molecule has 0 aliphatic heterocycles. The van der Waals surface area contributed by atoms with Gasteiger partial charge in [-0.2, -0.15) is 0 Å². The molecule has 0 saturated carbocycles. The summed E-state index contributed by atoms with van der Waals surface area (Å²) in [6.07, 6.45) is 5.25. The Kier molecular flexibility index (Phi) is 77.1. The number of rotatable bonds is 0. The second kappa shape index (κ2) is 44.2. The van der Waals surface area contributed by atoms with Gasteiger partial charge in [-0.15, -0.1) is 26.3 Å². The highest BCUT2D eigenvalue weighted by atomic mass is 13.6. The van der Waals surface area contributed by atoms with Gasteiger partial charge < -0.3 is 0 Å². The van der Waals surface area contributed by atoms with Gasteiger partial charge in [0, 0.05) is 0 Å². The highest BCUT2D eigenvalue weighted by molar-refractivity contribution is 4.78. The van der Waals surface area contributed by atoms with Crippen LogP contribution in [0.25, 0.3) is 0 Å². The first-order valence-electron chi connectivity index (χ1n) is 4.31. The molecule has 0 aromatic carbocycles. The third-order valence-electron chi connectivity index (χ3n) is 0. The van der Waals surface area contributed by atoms with Crippen LogP contribution < -0.4 is 0 Å². The van der Waals surface area contributed by atoms with Gasteiger partial charge in [-0.3, -0.25) is 0 Å². The van der Waals surface area contributed by atoms with E-state index in [-0.39, 0.29) is 0 Å². The average molecular weight is 182 g/mol. The van der Waals surface area contributed by atoms with Crippen LogP contribution in [-0.2, 0) is 0 Å². The van der Waals surface area contributed by atoms with Crippen LogP contribution in [0.4, 0.5) is 0 Å². The molecule has 0 heteroatoms. The van der Waals surface area contributed by atoms with E-state index >= 15 is 0 Å². The topological polar surface area (TPSA) is 0 Å². The summed E-state index contributed by atoms with van der Waals surface area (Å²) in [4.78, 5) is 0. The fourth-order valence-electron chi connectivity index (χ4n) is 0. The summed E-state index contributed by atoms with van der Waals surface area (Å²) in [7, 11) is 0. The first kappa shape index (κ1) is 22.7. The molecule has 13 heavy (non-hydrogen) atoms. The summed E-state index contributed by atoms with van der Waals surface area (Å²) in [5, 5.41) is 0. The zero-order valence-corrected chi connectivity index (χ0v) is 10.1. The van der Waals surface area contributed by atoms with E-state index in [9.17, 15) is 0 Å². The van der Waals surface area contributed by atoms with E-state index in [1.165, 1.54) is 5.57 Å². The molecule has 0 aliphatic rings. The van der Waals surface area contributed by atoms with E-state index in [0.717, 1.165) is 0 Å². The third-order valence-corrected chi connectivity index (χ3v) is 0. The number of hydrogen-bond donors (Lipinski definition) is 0. The van der Waals surface area contributed by atoms with Crippen LogP contribution in [0.2, 0.25) is 0 Å². The van der Waals surface area contributed by atoms with Crippen molar-refractivity contribution in [1.29, 1.82) is 0 Å².